The summed E-state index contributed by atoms with van der Waals surface area (Å²) in [7, 11) is 1.56. The van der Waals surface area contributed by atoms with Gasteiger partial charge in [-0.1, -0.05) is 12.1 Å². The van der Waals surface area contributed by atoms with E-state index in [0.29, 0.717) is 17.1 Å². The fourth-order valence-corrected chi connectivity index (χ4v) is 2.86. The van der Waals surface area contributed by atoms with Crippen LogP contribution in [0.5, 0.6) is 11.5 Å². The van der Waals surface area contributed by atoms with Crippen LogP contribution in [-0.2, 0) is 6.61 Å². The molecule has 2 aromatic rings. The van der Waals surface area contributed by atoms with E-state index in [1.165, 1.54) is 19.1 Å². The summed E-state index contributed by atoms with van der Waals surface area (Å²) in [5.74, 6) is 0.270. The van der Waals surface area contributed by atoms with E-state index >= 15 is 0 Å². The maximum Gasteiger partial charge on any atom is 0.438 e. The first-order valence-electron chi connectivity index (χ1n) is 8.67. The fraction of sp³-hybridized carbons (Fsp3) is 0.300. The summed E-state index contributed by atoms with van der Waals surface area (Å²) >= 11 is 0. The molecular formula is C20H19F3N2O4. The molecule has 0 aromatic heterocycles. The Morgan fingerprint density at radius 3 is 2.28 bits per heavy atom. The van der Waals surface area contributed by atoms with Crippen molar-refractivity contribution in [1.82, 2.24) is 5.01 Å². The van der Waals surface area contributed by atoms with Crippen LogP contribution in [0.25, 0.3) is 0 Å². The predicted octanol–water partition coefficient (Wildman–Crippen LogP) is 3.75. The summed E-state index contributed by atoms with van der Waals surface area (Å²) in [4.78, 5) is 12.5. The smallest absolute Gasteiger partial charge is 0.438 e. The fourth-order valence-electron chi connectivity index (χ4n) is 2.86. The zero-order valence-corrected chi connectivity index (χ0v) is 15.7. The van der Waals surface area contributed by atoms with Crippen LogP contribution in [0.1, 0.15) is 29.3 Å². The highest BCUT2D eigenvalue weighted by Gasteiger charge is 2.62. The Hall–Kier alpha value is -3.07. The number of halogens is 3. The van der Waals surface area contributed by atoms with E-state index in [4.69, 9.17) is 9.47 Å². The number of hydrazone groups is 1. The van der Waals surface area contributed by atoms with E-state index < -0.39 is 24.2 Å². The number of aliphatic hydroxyl groups is 1. The third-order valence-electron chi connectivity index (χ3n) is 4.44. The number of benzene rings is 2. The lowest BCUT2D eigenvalue weighted by atomic mass is 10.1. The molecule has 1 heterocycles. The van der Waals surface area contributed by atoms with E-state index in [2.05, 4.69) is 5.10 Å². The first-order chi connectivity index (χ1) is 13.6. The van der Waals surface area contributed by atoms with Gasteiger partial charge in [0.25, 0.3) is 11.6 Å². The molecular weight excluding hydrogens is 389 g/mol. The van der Waals surface area contributed by atoms with Gasteiger partial charge in [-0.25, -0.2) is 0 Å². The number of alkyl halides is 3. The Labute approximate surface area is 165 Å². The molecule has 1 aliphatic rings. The number of carbonyl (C=O) groups is 1. The Morgan fingerprint density at radius 2 is 1.72 bits per heavy atom. The SMILES string of the molecule is COc1ccc(OCc2ccc(C(=O)N3N=C(C)CC3(O)C(F)(F)F)cc2)cc1. The maximum atomic E-state index is 13.3. The van der Waals surface area contributed by atoms with Gasteiger partial charge in [0.2, 0.25) is 0 Å². The van der Waals surface area contributed by atoms with Crippen LogP contribution in [0.4, 0.5) is 13.2 Å². The Morgan fingerprint density at radius 1 is 1.14 bits per heavy atom. The van der Waals surface area contributed by atoms with Crippen LogP contribution in [-0.4, -0.2) is 40.7 Å². The van der Waals surface area contributed by atoms with Crippen molar-refractivity contribution in [3.63, 3.8) is 0 Å². The molecule has 0 saturated heterocycles. The molecule has 1 unspecified atom stereocenters. The standard InChI is InChI=1S/C20H19F3N2O4/c1-13-11-19(27,20(21,22)23)25(24-13)18(26)15-5-3-14(4-6-15)12-29-17-9-7-16(28-2)8-10-17/h3-10,27H,11-12H2,1-2H3. The summed E-state index contributed by atoms with van der Waals surface area (Å²) in [6.07, 6.45) is -5.81. The Balaban J connectivity index is 1.69. The molecule has 0 fully saturated rings. The van der Waals surface area contributed by atoms with Gasteiger partial charge >= 0.3 is 6.18 Å². The monoisotopic (exact) mass is 408 g/mol. The van der Waals surface area contributed by atoms with Gasteiger partial charge in [0, 0.05) is 17.7 Å². The second-order valence-electron chi connectivity index (χ2n) is 6.60. The molecule has 1 aliphatic heterocycles. The molecule has 2 aromatic carbocycles. The molecule has 0 bridgehead atoms. The van der Waals surface area contributed by atoms with E-state index in [0.717, 1.165) is 0 Å². The molecule has 29 heavy (non-hydrogen) atoms. The van der Waals surface area contributed by atoms with Gasteiger partial charge in [-0.15, -0.1) is 0 Å². The lowest BCUT2D eigenvalue weighted by Gasteiger charge is -2.32. The van der Waals surface area contributed by atoms with E-state index in [-0.39, 0.29) is 22.9 Å². The molecule has 0 spiro atoms. The van der Waals surface area contributed by atoms with Gasteiger partial charge in [0.05, 0.1) is 7.11 Å². The van der Waals surface area contributed by atoms with Crippen molar-refractivity contribution in [3.8, 4) is 11.5 Å². The van der Waals surface area contributed by atoms with Gasteiger partial charge in [-0.2, -0.15) is 23.3 Å². The summed E-state index contributed by atoms with van der Waals surface area (Å²) in [6.45, 7) is 1.53. The average Bonchev–Trinajstić information content (AvgIpc) is 3.02. The molecule has 154 valence electrons. The zero-order chi connectivity index (χ0) is 21.2. The number of hydrogen-bond donors (Lipinski definition) is 1. The molecule has 0 aliphatic carbocycles. The van der Waals surface area contributed by atoms with Crippen molar-refractivity contribution in [2.75, 3.05) is 7.11 Å². The summed E-state index contributed by atoms with van der Waals surface area (Å²) in [5.41, 5.74) is -2.64. The topological polar surface area (TPSA) is 71.4 Å². The lowest BCUT2D eigenvalue weighted by molar-refractivity contribution is -0.297. The largest absolute Gasteiger partial charge is 0.497 e. The van der Waals surface area contributed by atoms with Crippen LogP contribution < -0.4 is 9.47 Å². The van der Waals surface area contributed by atoms with Gasteiger partial charge in [-0.3, -0.25) is 4.79 Å². The minimum atomic E-state index is -5.03. The molecule has 1 N–H and O–H groups in total. The van der Waals surface area contributed by atoms with Crippen LogP contribution in [0.15, 0.2) is 53.6 Å². The van der Waals surface area contributed by atoms with Crippen molar-refractivity contribution in [3.05, 3.63) is 59.7 Å². The van der Waals surface area contributed by atoms with Crippen LogP contribution in [0, 0.1) is 0 Å². The summed E-state index contributed by atoms with van der Waals surface area (Å²) in [6, 6.07) is 12.8. The van der Waals surface area contributed by atoms with Gasteiger partial charge < -0.3 is 14.6 Å². The van der Waals surface area contributed by atoms with Crippen molar-refractivity contribution in [1.29, 1.82) is 0 Å². The second kappa shape index (κ2) is 7.75. The first kappa shape index (κ1) is 20.7. The Bertz CT molecular complexity index is 911. The van der Waals surface area contributed by atoms with Crippen molar-refractivity contribution >= 4 is 11.6 Å². The highest BCUT2D eigenvalue weighted by atomic mass is 19.4. The number of amides is 1. The molecule has 3 rings (SSSR count). The third kappa shape index (κ3) is 4.19. The van der Waals surface area contributed by atoms with E-state index in [9.17, 15) is 23.1 Å². The van der Waals surface area contributed by atoms with Crippen molar-refractivity contribution in [2.45, 2.75) is 31.9 Å². The van der Waals surface area contributed by atoms with Crippen molar-refractivity contribution in [2.24, 2.45) is 5.10 Å². The molecule has 1 amide bonds. The minimum Gasteiger partial charge on any atom is -0.497 e. The quantitative estimate of drug-likeness (QED) is 0.818. The minimum absolute atomic E-state index is 0.0164. The van der Waals surface area contributed by atoms with Crippen molar-refractivity contribution < 1.29 is 32.5 Å². The van der Waals surface area contributed by atoms with Crippen LogP contribution in [0.2, 0.25) is 0 Å². The summed E-state index contributed by atoms with van der Waals surface area (Å²) in [5, 5.41) is 13.7. The molecule has 0 radical (unpaired) electrons. The van der Waals surface area contributed by atoms with Crippen LogP contribution in [0.3, 0.4) is 0 Å². The molecule has 9 heteroatoms. The van der Waals surface area contributed by atoms with Gasteiger partial charge in [-0.05, 0) is 48.9 Å². The number of hydrogen-bond acceptors (Lipinski definition) is 5. The number of rotatable bonds is 5. The zero-order valence-electron chi connectivity index (χ0n) is 15.7. The lowest BCUT2D eigenvalue weighted by Crippen LogP contribution is -2.56. The van der Waals surface area contributed by atoms with E-state index in [1.807, 2.05) is 0 Å². The highest BCUT2D eigenvalue weighted by molar-refractivity contribution is 5.97. The second-order valence-corrected chi connectivity index (χ2v) is 6.60. The molecule has 6 nitrogen and oxygen atoms in total. The van der Waals surface area contributed by atoms with Gasteiger partial charge in [0.1, 0.15) is 18.1 Å². The number of nitrogens with zero attached hydrogens (tertiary/aromatic N) is 2. The summed E-state index contributed by atoms with van der Waals surface area (Å²) < 4.78 is 50.5. The van der Waals surface area contributed by atoms with E-state index in [1.54, 1.807) is 43.5 Å². The highest BCUT2D eigenvalue weighted by Crippen LogP contribution is 2.40. The van der Waals surface area contributed by atoms with Crippen LogP contribution >= 0.6 is 0 Å². The Kier molecular flexibility index (Phi) is 5.52. The molecule has 1 atom stereocenters. The molecule has 0 saturated carbocycles. The maximum absolute atomic E-state index is 13.3. The van der Waals surface area contributed by atoms with Gasteiger partial charge in [0.15, 0.2) is 0 Å². The average molecular weight is 408 g/mol. The normalized spacial score (nSPS) is 19.1. The third-order valence-corrected chi connectivity index (χ3v) is 4.44. The number of carbonyl (C=O) groups excluding carboxylic acids is 1. The predicted molar refractivity (Wildman–Crippen MR) is 98.7 cm³/mol. The number of methoxy groups -OCH3 is 1. The number of ether oxygens (including phenoxy) is 2. The first-order valence-corrected chi connectivity index (χ1v) is 8.67.